The first-order chi connectivity index (χ1) is 14.4. The number of hydrogen-bond donors (Lipinski definition) is 1. The molecule has 30 heavy (non-hydrogen) atoms. The molecule has 5 heteroatoms. The van der Waals surface area contributed by atoms with Crippen LogP contribution in [0, 0.1) is 6.92 Å². The van der Waals surface area contributed by atoms with Crippen molar-refractivity contribution >= 4 is 24.2 Å². The maximum absolute atomic E-state index is 12.5. The second-order valence-corrected chi connectivity index (χ2v) is 7.81. The Bertz CT molecular complexity index is 797. The van der Waals surface area contributed by atoms with E-state index in [0.29, 0.717) is 0 Å². The fourth-order valence-corrected chi connectivity index (χ4v) is 3.96. The number of halogens is 1. The van der Waals surface area contributed by atoms with Gasteiger partial charge in [-0.3, -0.25) is 15.0 Å². The van der Waals surface area contributed by atoms with Crippen molar-refractivity contribution in [1.82, 2.24) is 10.2 Å². The van der Waals surface area contributed by atoms with E-state index in [-0.39, 0.29) is 17.2 Å². The summed E-state index contributed by atoms with van der Waals surface area (Å²) in [6.45, 7) is 14.3. The van der Waals surface area contributed by atoms with Crippen LogP contribution in [-0.4, -0.2) is 37.2 Å². The van der Waals surface area contributed by atoms with Crippen LogP contribution in [0.5, 0.6) is 0 Å². The number of ketones is 1. The average Bonchev–Trinajstić information content (AvgIpc) is 3.23. The lowest BCUT2D eigenvalue weighted by atomic mass is 9.76. The predicted molar refractivity (Wildman–Crippen MR) is 126 cm³/mol. The fraction of sp³-hybridized carbons (Fsp3) is 0.440. The summed E-state index contributed by atoms with van der Waals surface area (Å²) >= 11 is 6.25. The Morgan fingerprint density at radius 1 is 1.20 bits per heavy atom. The molecule has 0 amide bonds. The minimum absolute atomic E-state index is 0.206. The zero-order valence-electron chi connectivity index (χ0n) is 18.9. The molecule has 1 heterocycles. The summed E-state index contributed by atoms with van der Waals surface area (Å²) in [4.78, 5) is 22.8. The van der Waals surface area contributed by atoms with Gasteiger partial charge in [0.25, 0.3) is 0 Å². The van der Waals surface area contributed by atoms with E-state index in [0.717, 1.165) is 42.3 Å². The van der Waals surface area contributed by atoms with Crippen LogP contribution in [0.25, 0.3) is 0 Å². The Labute approximate surface area is 186 Å². The number of carbonyl (C=O) groups excluding carboxylic acids is 2. The maximum Gasteiger partial charge on any atom is 0.141 e. The smallest absolute Gasteiger partial charge is 0.141 e. The Kier molecular flexibility index (Phi) is 11.0. The number of hydrogen-bond acceptors (Lipinski definition) is 4. The van der Waals surface area contributed by atoms with E-state index >= 15 is 0 Å². The van der Waals surface area contributed by atoms with Gasteiger partial charge < -0.3 is 4.79 Å². The van der Waals surface area contributed by atoms with E-state index in [9.17, 15) is 4.79 Å². The predicted octanol–water partition coefficient (Wildman–Crippen LogP) is 5.33. The lowest BCUT2D eigenvalue weighted by molar-refractivity contribution is -0.122. The standard InChI is InChI=1S/C22H27ClN2O.C2H6.CH2O/c1-16-9-10-19(13-21(16)23)17(2)24-15-25-12-11-22(14-25,18(3)26)20-7-5-4-6-8-20;2*1-2/h4-10,13,17,24H,11-12,14-15H2,1-3H3;1-2H3;1H2. The van der Waals surface area contributed by atoms with Crippen molar-refractivity contribution in [2.75, 3.05) is 19.8 Å². The Morgan fingerprint density at radius 2 is 1.83 bits per heavy atom. The van der Waals surface area contributed by atoms with Crippen molar-refractivity contribution < 1.29 is 9.59 Å². The molecule has 0 aromatic heterocycles. The van der Waals surface area contributed by atoms with Gasteiger partial charge in [-0.2, -0.15) is 0 Å². The highest BCUT2D eigenvalue weighted by atomic mass is 35.5. The van der Waals surface area contributed by atoms with Gasteiger partial charge in [0.05, 0.1) is 5.41 Å². The molecule has 2 unspecified atom stereocenters. The molecule has 0 aliphatic carbocycles. The van der Waals surface area contributed by atoms with E-state index < -0.39 is 0 Å². The molecule has 3 rings (SSSR count). The third kappa shape index (κ3) is 6.24. The molecule has 1 N–H and O–H groups in total. The molecule has 0 spiro atoms. The van der Waals surface area contributed by atoms with Gasteiger partial charge in [0, 0.05) is 30.8 Å². The largest absolute Gasteiger partial charge is 0.307 e. The lowest BCUT2D eigenvalue weighted by Gasteiger charge is -2.28. The van der Waals surface area contributed by atoms with E-state index in [1.54, 1.807) is 6.92 Å². The minimum Gasteiger partial charge on any atom is -0.307 e. The third-order valence-corrected chi connectivity index (χ3v) is 6.07. The number of aryl methyl sites for hydroxylation is 1. The average molecular weight is 431 g/mol. The number of benzene rings is 2. The first-order valence-corrected chi connectivity index (χ1v) is 10.9. The summed E-state index contributed by atoms with van der Waals surface area (Å²) in [5.74, 6) is 0.254. The molecule has 0 bridgehead atoms. The molecule has 164 valence electrons. The van der Waals surface area contributed by atoms with Crippen LogP contribution in [0.15, 0.2) is 48.5 Å². The zero-order valence-corrected chi connectivity index (χ0v) is 19.6. The first kappa shape index (κ1) is 26.0. The van der Waals surface area contributed by atoms with Gasteiger partial charge >= 0.3 is 0 Å². The fourth-order valence-electron chi connectivity index (χ4n) is 3.77. The van der Waals surface area contributed by atoms with Crippen molar-refractivity contribution in [3.05, 3.63) is 70.2 Å². The van der Waals surface area contributed by atoms with Gasteiger partial charge in [0.1, 0.15) is 12.6 Å². The number of carbonyl (C=O) groups is 2. The highest BCUT2D eigenvalue weighted by Gasteiger charge is 2.43. The molecule has 1 aliphatic rings. The quantitative estimate of drug-likeness (QED) is 0.672. The molecule has 1 saturated heterocycles. The molecule has 0 saturated carbocycles. The molecule has 1 aliphatic heterocycles. The van der Waals surface area contributed by atoms with Crippen LogP contribution in [0.4, 0.5) is 0 Å². The number of rotatable bonds is 6. The molecule has 2 atom stereocenters. The second kappa shape index (κ2) is 12.6. The van der Waals surface area contributed by atoms with Gasteiger partial charge in [0.15, 0.2) is 0 Å². The number of nitrogens with one attached hydrogen (secondary N) is 1. The van der Waals surface area contributed by atoms with Crippen molar-refractivity contribution in [2.24, 2.45) is 0 Å². The van der Waals surface area contributed by atoms with Crippen LogP contribution >= 0.6 is 11.6 Å². The monoisotopic (exact) mass is 430 g/mol. The van der Waals surface area contributed by atoms with E-state index in [1.165, 1.54) is 5.56 Å². The normalized spacial score (nSPS) is 19.1. The van der Waals surface area contributed by atoms with Crippen LogP contribution in [-0.2, 0) is 15.0 Å². The maximum atomic E-state index is 12.5. The van der Waals surface area contributed by atoms with E-state index in [1.807, 2.05) is 51.8 Å². The zero-order chi connectivity index (χ0) is 22.7. The van der Waals surface area contributed by atoms with Crippen LogP contribution in [0.1, 0.15) is 56.8 Å². The van der Waals surface area contributed by atoms with Gasteiger partial charge in [-0.1, -0.05) is 67.9 Å². The van der Waals surface area contributed by atoms with Gasteiger partial charge in [-0.15, -0.1) is 0 Å². The van der Waals surface area contributed by atoms with Crippen molar-refractivity contribution in [1.29, 1.82) is 0 Å². The Morgan fingerprint density at radius 3 is 2.40 bits per heavy atom. The van der Waals surface area contributed by atoms with Crippen LogP contribution in [0.2, 0.25) is 5.02 Å². The minimum atomic E-state index is -0.376. The first-order valence-electron chi connectivity index (χ1n) is 10.5. The van der Waals surface area contributed by atoms with Crippen molar-refractivity contribution in [3.63, 3.8) is 0 Å². The van der Waals surface area contributed by atoms with Gasteiger partial charge in [-0.05, 0) is 49.9 Å². The summed E-state index contributed by atoms with van der Waals surface area (Å²) in [5, 5.41) is 4.37. The third-order valence-electron chi connectivity index (χ3n) is 5.67. The van der Waals surface area contributed by atoms with Crippen LogP contribution < -0.4 is 5.32 Å². The lowest BCUT2D eigenvalue weighted by Crippen LogP contribution is -2.40. The highest BCUT2D eigenvalue weighted by Crippen LogP contribution is 2.35. The summed E-state index contributed by atoms with van der Waals surface area (Å²) in [6.07, 6.45) is 0.874. The highest BCUT2D eigenvalue weighted by molar-refractivity contribution is 6.31. The molecule has 1 fully saturated rings. The molecule has 4 nitrogen and oxygen atoms in total. The Hall–Kier alpha value is -2.01. The molecule has 2 aromatic carbocycles. The Balaban J connectivity index is 0.00000106. The van der Waals surface area contributed by atoms with Crippen molar-refractivity contribution in [2.45, 2.75) is 52.5 Å². The summed E-state index contributed by atoms with van der Waals surface area (Å²) in [7, 11) is 0. The molecular formula is C25H35ClN2O2. The van der Waals surface area contributed by atoms with E-state index in [4.69, 9.17) is 16.4 Å². The number of nitrogens with zero attached hydrogens (tertiary/aromatic N) is 1. The molecular weight excluding hydrogens is 396 g/mol. The van der Waals surface area contributed by atoms with Crippen molar-refractivity contribution in [3.8, 4) is 0 Å². The number of likely N-dealkylation sites (tertiary alicyclic amines) is 1. The summed E-state index contributed by atoms with van der Waals surface area (Å²) in [5.41, 5.74) is 3.03. The van der Waals surface area contributed by atoms with E-state index in [2.05, 4.69) is 41.4 Å². The molecule has 2 aromatic rings. The topological polar surface area (TPSA) is 49.4 Å². The van der Waals surface area contributed by atoms with Gasteiger partial charge in [0.2, 0.25) is 0 Å². The number of Topliss-reactive ketones (excluding diaryl/α,β-unsaturated/α-hetero) is 1. The summed E-state index contributed by atoms with van der Waals surface area (Å²) in [6, 6.07) is 16.6. The SMILES string of the molecule is C=O.CC.CC(=O)C1(c2ccccc2)CCN(CNC(C)c2ccc(C)c(Cl)c2)C1. The van der Waals surface area contributed by atoms with Crippen LogP contribution in [0.3, 0.4) is 0 Å². The summed E-state index contributed by atoms with van der Waals surface area (Å²) < 4.78 is 0. The molecule has 0 radical (unpaired) electrons. The second-order valence-electron chi connectivity index (χ2n) is 7.40. The van der Waals surface area contributed by atoms with Gasteiger partial charge in [-0.25, -0.2) is 0 Å².